The molecule has 1 aliphatic heterocycles. The zero-order chi connectivity index (χ0) is 20.1. The maximum Gasteiger partial charge on any atom is 0.222 e. The van der Waals surface area contributed by atoms with Crippen LogP contribution in [0, 0.1) is 0 Å². The fraction of sp³-hybridized carbons (Fsp3) is 0.391. The molecule has 6 heteroatoms. The molecule has 0 spiro atoms. The molecule has 2 aromatic carbocycles. The first-order chi connectivity index (χ1) is 14.2. The van der Waals surface area contributed by atoms with E-state index in [1.54, 1.807) is 11.3 Å². The Morgan fingerprint density at radius 2 is 1.83 bits per heavy atom. The predicted molar refractivity (Wildman–Crippen MR) is 117 cm³/mol. The van der Waals surface area contributed by atoms with Crippen molar-refractivity contribution in [2.24, 2.45) is 0 Å². The summed E-state index contributed by atoms with van der Waals surface area (Å²) in [5, 5.41) is 1.15. The normalized spacial score (nSPS) is 15.0. The fourth-order valence-electron chi connectivity index (χ4n) is 3.74. The molecular formula is C23H27N3O2S. The van der Waals surface area contributed by atoms with Crippen molar-refractivity contribution >= 4 is 27.5 Å². The first-order valence-corrected chi connectivity index (χ1v) is 11.1. The van der Waals surface area contributed by atoms with Crippen molar-refractivity contribution < 1.29 is 9.53 Å². The number of carbonyl (C=O) groups is 1. The van der Waals surface area contributed by atoms with E-state index in [1.807, 2.05) is 42.2 Å². The minimum absolute atomic E-state index is 0.232. The van der Waals surface area contributed by atoms with Gasteiger partial charge in [-0.1, -0.05) is 30.3 Å². The standard InChI is InChI=1S/C23H27N3O2S/c1-2-28-20-9-5-3-7-18(20)11-12-23(27)26-15-13-25(14-16-26)17-22-24-19-8-4-6-10-21(19)29-22/h3-10H,2,11-17H2,1H3. The Bertz CT molecular complexity index is 930. The largest absolute Gasteiger partial charge is 0.494 e. The number of benzene rings is 2. The van der Waals surface area contributed by atoms with E-state index in [1.165, 1.54) is 4.70 Å². The summed E-state index contributed by atoms with van der Waals surface area (Å²) in [6.45, 7) is 6.86. The van der Waals surface area contributed by atoms with Gasteiger partial charge in [0.1, 0.15) is 10.8 Å². The Labute approximate surface area is 175 Å². The maximum absolute atomic E-state index is 12.7. The lowest BCUT2D eigenvalue weighted by atomic mass is 10.1. The smallest absolute Gasteiger partial charge is 0.222 e. The molecule has 2 heterocycles. The van der Waals surface area contributed by atoms with Crippen molar-refractivity contribution in [2.45, 2.75) is 26.3 Å². The number of piperazine rings is 1. The van der Waals surface area contributed by atoms with Gasteiger partial charge in [-0.05, 0) is 37.1 Å². The predicted octanol–water partition coefficient (Wildman–Crippen LogP) is 3.97. The average molecular weight is 410 g/mol. The average Bonchev–Trinajstić information content (AvgIpc) is 3.16. The van der Waals surface area contributed by atoms with Gasteiger partial charge in [-0.2, -0.15) is 0 Å². The SMILES string of the molecule is CCOc1ccccc1CCC(=O)N1CCN(Cc2nc3ccccc3s2)CC1. The fourth-order valence-corrected chi connectivity index (χ4v) is 4.75. The number of amides is 1. The van der Waals surface area contributed by atoms with Gasteiger partial charge in [-0.15, -0.1) is 11.3 Å². The molecule has 0 radical (unpaired) electrons. The lowest BCUT2D eigenvalue weighted by Gasteiger charge is -2.34. The first-order valence-electron chi connectivity index (χ1n) is 10.3. The second-order valence-electron chi connectivity index (χ2n) is 7.27. The van der Waals surface area contributed by atoms with Crippen LogP contribution in [-0.4, -0.2) is 53.5 Å². The summed E-state index contributed by atoms with van der Waals surface area (Å²) in [5.74, 6) is 1.12. The highest BCUT2D eigenvalue weighted by molar-refractivity contribution is 7.18. The third-order valence-electron chi connectivity index (χ3n) is 5.30. The molecule has 0 atom stereocenters. The quantitative estimate of drug-likeness (QED) is 0.592. The van der Waals surface area contributed by atoms with E-state index >= 15 is 0 Å². The summed E-state index contributed by atoms with van der Waals surface area (Å²) >= 11 is 1.76. The van der Waals surface area contributed by atoms with Crippen molar-refractivity contribution in [3.05, 3.63) is 59.1 Å². The van der Waals surface area contributed by atoms with Gasteiger partial charge in [-0.3, -0.25) is 9.69 Å². The molecule has 0 saturated carbocycles. The van der Waals surface area contributed by atoms with E-state index in [0.29, 0.717) is 13.0 Å². The number of ether oxygens (including phenoxy) is 1. The summed E-state index contributed by atoms with van der Waals surface area (Å²) in [4.78, 5) is 21.8. The van der Waals surface area contributed by atoms with Crippen LogP contribution in [0.25, 0.3) is 10.2 Å². The number of thiazole rings is 1. The van der Waals surface area contributed by atoms with E-state index in [-0.39, 0.29) is 5.91 Å². The van der Waals surface area contributed by atoms with Crippen LogP contribution < -0.4 is 4.74 Å². The van der Waals surface area contributed by atoms with Gasteiger partial charge in [-0.25, -0.2) is 4.98 Å². The number of nitrogens with zero attached hydrogens (tertiary/aromatic N) is 3. The minimum Gasteiger partial charge on any atom is -0.494 e. The van der Waals surface area contributed by atoms with Crippen LogP contribution in [0.3, 0.4) is 0 Å². The molecule has 0 aliphatic carbocycles. The van der Waals surface area contributed by atoms with E-state index in [9.17, 15) is 4.79 Å². The Balaban J connectivity index is 1.26. The Kier molecular flexibility index (Phi) is 6.42. The van der Waals surface area contributed by atoms with Gasteiger partial charge < -0.3 is 9.64 Å². The molecule has 1 fully saturated rings. The maximum atomic E-state index is 12.7. The molecule has 1 aliphatic rings. The number of carbonyl (C=O) groups excluding carboxylic acids is 1. The van der Waals surface area contributed by atoms with Crippen molar-refractivity contribution in [1.29, 1.82) is 0 Å². The summed E-state index contributed by atoms with van der Waals surface area (Å²) in [6.07, 6.45) is 1.25. The van der Waals surface area contributed by atoms with Gasteiger partial charge in [0.25, 0.3) is 0 Å². The zero-order valence-corrected chi connectivity index (χ0v) is 17.7. The second kappa shape index (κ2) is 9.37. The topological polar surface area (TPSA) is 45.7 Å². The highest BCUT2D eigenvalue weighted by atomic mass is 32.1. The number of aromatic nitrogens is 1. The van der Waals surface area contributed by atoms with Crippen LogP contribution in [0.15, 0.2) is 48.5 Å². The molecule has 0 N–H and O–H groups in total. The third-order valence-corrected chi connectivity index (χ3v) is 6.32. The summed E-state index contributed by atoms with van der Waals surface area (Å²) < 4.78 is 6.91. The lowest BCUT2D eigenvalue weighted by Crippen LogP contribution is -2.48. The van der Waals surface area contributed by atoms with E-state index in [4.69, 9.17) is 9.72 Å². The Morgan fingerprint density at radius 1 is 1.07 bits per heavy atom. The zero-order valence-electron chi connectivity index (χ0n) is 16.8. The van der Waals surface area contributed by atoms with Crippen molar-refractivity contribution in [1.82, 2.24) is 14.8 Å². The van der Waals surface area contributed by atoms with Gasteiger partial charge in [0, 0.05) is 32.6 Å². The Morgan fingerprint density at radius 3 is 2.62 bits per heavy atom. The minimum atomic E-state index is 0.232. The summed E-state index contributed by atoms with van der Waals surface area (Å²) in [5.41, 5.74) is 2.19. The van der Waals surface area contributed by atoms with Crippen molar-refractivity contribution in [3.63, 3.8) is 0 Å². The van der Waals surface area contributed by atoms with Crippen LogP contribution in [-0.2, 0) is 17.8 Å². The Hall–Kier alpha value is -2.44. The van der Waals surface area contributed by atoms with Gasteiger partial charge in [0.2, 0.25) is 5.91 Å². The first kappa shape index (κ1) is 19.9. The third kappa shape index (κ3) is 4.95. The molecule has 1 amide bonds. The van der Waals surface area contributed by atoms with Crippen molar-refractivity contribution in [2.75, 3.05) is 32.8 Å². The van der Waals surface area contributed by atoms with E-state index < -0.39 is 0 Å². The van der Waals surface area contributed by atoms with Crippen LogP contribution >= 0.6 is 11.3 Å². The monoisotopic (exact) mass is 409 g/mol. The van der Waals surface area contributed by atoms with E-state index in [2.05, 4.69) is 23.1 Å². The molecule has 3 aromatic rings. The summed E-state index contributed by atoms with van der Waals surface area (Å²) in [7, 11) is 0. The molecule has 1 aromatic heterocycles. The molecule has 152 valence electrons. The lowest BCUT2D eigenvalue weighted by molar-refractivity contribution is -0.133. The molecule has 5 nitrogen and oxygen atoms in total. The number of hydrogen-bond acceptors (Lipinski definition) is 5. The molecule has 4 rings (SSSR count). The van der Waals surface area contributed by atoms with Crippen LogP contribution in [0.2, 0.25) is 0 Å². The highest BCUT2D eigenvalue weighted by Crippen LogP contribution is 2.23. The van der Waals surface area contributed by atoms with Gasteiger partial charge in [0.05, 0.1) is 23.4 Å². The van der Waals surface area contributed by atoms with Crippen LogP contribution in [0.5, 0.6) is 5.75 Å². The van der Waals surface area contributed by atoms with Gasteiger partial charge in [0.15, 0.2) is 0 Å². The van der Waals surface area contributed by atoms with Crippen LogP contribution in [0.4, 0.5) is 0 Å². The number of aryl methyl sites for hydroxylation is 1. The highest BCUT2D eigenvalue weighted by Gasteiger charge is 2.22. The van der Waals surface area contributed by atoms with Gasteiger partial charge >= 0.3 is 0 Å². The summed E-state index contributed by atoms with van der Waals surface area (Å²) in [6, 6.07) is 16.3. The second-order valence-corrected chi connectivity index (χ2v) is 8.39. The van der Waals surface area contributed by atoms with Crippen molar-refractivity contribution in [3.8, 4) is 5.75 Å². The molecular weight excluding hydrogens is 382 g/mol. The number of fused-ring (bicyclic) bond motifs is 1. The van der Waals surface area contributed by atoms with Crippen LogP contribution in [0.1, 0.15) is 23.9 Å². The number of rotatable bonds is 7. The number of hydrogen-bond donors (Lipinski definition) is 0. The number of para-hydroxylation sites is 2. The molecule has 0 bridgehead atoms. The molecule has 0 unspecified atom stereocenters. The van der Waals surface area contributed by atoms with E-state index in [0.717, 1.165) is 61.0 Å². The molecule has 29 heavy (non-hydrogen) atoms. The molecule has 1 saturated heterocycles.